The molecule has 1 amide bonds. The normalized spacial score (nSPS) is 12.5. The summed E-state index contributed by atoms with van der Waals surface area (Å²) in [4.78, 5) is 16.4. The van der Waals surface area contributed by atoms with Gasteiger partial charge in [0, 0.05) is 42.2 Å². The summed E-state index contributed by atoms with van der Waals surface area (Å²) in [5.74, 6) is -0.394. The molecule has 0 bridgehead atoms. The summed E-state index contributed by atoms with van der Waals surface area (Å²) in [6, 6.07) is 24.2. The highest BCUT2D eigenvalue weighted by Gasteiger charge is 2.20. The molecule has 170 valence electrons. The van der Waals surface area contributed by atoms with Gasteiger partial charge in [-0.25, -0.2) is 8.42 Å². The van der Waals surface area contributed by atoms with Crippen LogP contribution in [0.2, 0.25) is 0 Å². The van der Waals surface area contributed by atoms with Crippen LogP contribution in [0.15, 0.2) is 90.0 Å². The fourth-order valence-corrected chi connectivity index (χ4v) is 5.07. The summed E-state index contributed by atoms with van der Waals surface area (Å²) in [5.41, 5.74) is 3.66. The van der Waals surface area contributed by atoms with E-state index in [1.807, 2.05) is 42.6 Å². The number of sulfone groups is 1. The molecule has 1 atom stereocenters. The van der Waals surface area contributed by atoms with E-state index in [2.05, 4.69) is 28.5 Å². The average Bonchev–Trinajstić information content (AvgIpc) is 3.27. The minimum Gasteiger partial charge on any atom is -0.384 e. The van der Waals surface area contributed by atoms with Crippen LogP contribution in [0.3, 0.4) is 0 Å². The summed E-state index contributed by atoms with van der Waals surface area (Å²) < 4.78 is 29.5. The molecule has 1 aromatic heterocycles. The van der Waals surface area contributed by atoms with E-state index in [1.165, 1.54) is 31.4 Å². The minimum absolute atomic E-state index is 0.0417. The van der Waals surface area contributed by atoms with Crippen LogP contribution in [-0.4, -0.2) is 45.3 Å². The van der Waals surface area contributed by atoms with Gasteiger partial charge in [-0.2, -0.15) is 0 Å². The number of methoxy groups -OCH3 is 1. The number of H-pyrrole nitrogens is 1. The number of hydrogen-bond acceptors (Lipinski definition) is 4. The van der Waals surface area contributed by atoms with Crippen LogP contribution in [0.25, 0.3) is 10.9 Å². The van der Waals surface area contributed by atoms with Crippen LogP contribution in [0.5, 0.6) is 0 Å². The highest BCUT2D eigenvalue weighted by atomic mass is 32.2. The van der Waals surface area contributed by atoms with Crippen LogP contribution in [-0.2, 0) is 14.6 Å². The van der Waals surface area contributed by atoms with Crippen molar-refractivity contribution in [3.63, 3.8) is 0 Å². The van der Waals surface area contributed by atoms with E-state index in [0.717, 1.165) is 22.0 Å². The Balaban J connectivity index is 1.53. The number of rotatable bonds is 9. The maximum absolute atomic E-state index is 12.9. The molecule has 4 aromatic rings. The molecule has 0 aliphatic carbocycles. The summed E-state index contributed by atoms with van der Waals surface area (Å²) >= 11 is 0. The zero-order valence-electron chi connectivity index (χ0n) is 18.3. The molecule has 0 saturated carbocycles. The maximum atomic E-state index is 12.9. The molecule has 33 heavy (non-hydrogen) atoms. The lowest BCUT2D eigenvalue weighted by atomic mass is 9.91. The molecule has 7 heteroatoms. The number of aromatic amines is 1. The molecule has 4 rings (SSSR count). The van der Waals surface area contributed by atoms with E-state index in [4.69, 9.17) is 4.74 Å². The predicted molar refractivity (Wildman–Crippen MR) is 129 cm³/mol. The SMILES string of the molecule is COCCS(=O)(=O)c1ccc(C(=O)NCC(c2ccccc2)c2c[nH]c3ccccc23)cc1. The Morgan fingerprint density at radius 3 is 2.39 bits per heavy atom. The van der Waals surface area contributed by atoms with E-state index in [9.17, 15) is 13.2 Å². The highest BCUT2D eigenvalue weighted by Crippen LogP contribution is 2.30. The standard InChI is InChI=1S/C26H26N2O4S/c1-32-15-16-33(30,31)21-13-11-20(12-14-21)26(29)28-17-23(19-7-3-2-4-8-19)24-18-27-25-10-6-5-9-22(24)25/h2-14,18,23,27H,15-17H2,1H3,(H,28,29). The van der Waals surface area contributed by atoms with Gasteiger partial charge in [-0.05, 0) is 41.5 Å². The summed E-state index contributed by atoms with van der Waals surface area (Å²) in [5, 5.41) is 4.14. The van der Waals surface area contributed by atoms with Gasteiger partial charge in [0.2, 0.25) is 0 Å². The van der Waals surface area contributed by atoms with E-state index >= 15 is 0 Å². The van der Waals surface area contributed by atoms with Gasteiger partial charge in [-0.3, -0.25) is 4.79 Å². The minimum atomic E-state index is -3.44. The first-order valence-corrected chi connectivity index (χ1v) is 12.4. The third-order valence-corrected chi connectivity index (χ3v) is 7.39. The second kappa shape index (κ2) is 10.0. The molecule has 2 N–H and O–H groups in total. The molecule has 0 fully saturated rings. The van der Waals surface area contributed by atoms with Gasteiger partial charge in [0.1, 0.15) is 0 Å². The number of carbonyl (C=O) groups is 1. The largest absolute Gasteiger partial charge is 0.384 e. The number of nitrogens with one attached hydrogen (secondary N) is 2. The number of hydrogen-bond donors (Lipinski definition) is 2. The molecule has 0 saturated heterocycles. The Kier molecular flexibility index (Phi) is 6.91. The van der Waals surface area contributed by atoms with E-state index in [-0.39, 0.29) is 29.1 Å². The van der Waals surface area contributed by atoms with Crippen molar-refractivity contribution >= 4 is 26.6 Å². The second-order valence-electron chi connectivity index (χ2n) is 7.80. The molecular formula is C26H26N2O4S. The zero-order valence-corrected chi connectivity index (χ0v) is 19.1. The second-order valence-corrected chi connectivity index (χ2v) is 9.91. The Hall–Kier alpha value is -3.42. The van der Waals surface area contributed by atoms with E-state index in [1.54, 1.807) is 0 Å². The van der Waals surface area contributed by atoms with Gasteiger partial charge in [-0.15, -0.1) is 0 Å². The topological polar surface area (TPSA) is 88.3 Å². The first-order chi connectivity index (χ1) is 16.0. The fourth-order valence-electron chi connectivity index (χ4n) is 3.90. The monoisotopic (exact) mass is 462 g/mol. The lowest BCUT2D eigenvalue weighted by Gasteiger charge is -2.18. The van der Waals surface area contributed by atoms with Gasteiger partial charge in [0.15, 0.2) is 9.84 Å². The maximum Gasteiger partial charge on any atom is 0.251 e. The molecule has 0 aliphatic heterocycles. The van der Waals surface area contributed by atoms with Crippen LogP contribution in [0, 0.1) is 0 Å². The van der Waals surface area contributed by atoms with Gasteiger partial charge < -0.3 is 15.0 Å². The molecule has 3 aromatic carbocycles. The highest BCUT2D eigenvalue weighted by molar-refractivity contribution is 7.91. The van der Waals surface area contributed by atoms with Crippen molar-refractivity contribution in [1.29, 1.82) is 0 Å². The van der Waals surface area contributed by atoms with Gasteiger partial charge >= 0.3 is 0 Å². The number of ether oxygens (including phenoxy) is 1. The van der Waals surface area contributed by atoms with E-state index < -0.39 is 9.84 Å². The van der Waals surface area contributed by atoms with Crippen LogP contribution >= 0.6 is 0 Å². The predicted octanol–water partition coefficient (Wildman–Crippen LogP) is 4.15. The smallest absolute Gasteiger partial charge is 0.251 e. The molecular weight excluding hydrogens is 436 g/mol. The lowest BCUT2D eigenvalue weighted by Crippen LogP contribution is -2.29. The first kappa shape index (κ1) is 22.8. The summed E-state index contributed by atoms with van der Waals surface area (Å²) in [6.07, 6.45) is 1.99. The molecule has 6 nitrogen and oxygen atoms in total. The number of amides is 1. The quantitative estimate of drug-likeness (QED) is 0.391. The van der Waals surface area contributed by atoms with E-state index in [0.29, 0.717) is 12.1 Å². The number of para-hydroxylation sites is 1. The number of carbonyl (C=O) groups excluding carboxylic acids is 1. The Bertz CT molecular complexity index is 1330. The average molecular weight is 463 g/mol. The third-order valence-electron chi connectivity index (χ3n) is 5.70. The molecule has 0 aliphatic rings. The molecule has 1 heterocycles. The van der Waals surface area contributed by atoms with Crippen molar-refractivity contribution in [3.8, 4) is 0 Å². The fraction of sp³-hybridized carbons (Fsp3) is 0.192. The summed E-state index contributed by atoms with van der Waals surface area (Å²) in [7, 11) is -1.98. The van der Waals surface area contributed by atoms with Crippen molar-refractivity contribution in [2.75, 3.05) is 26.0 Å². The van der Waals surface area contributed by atoms with Gasteiger partial charge in [-0.1, -0.05) is 48.5 Å². The van der Waals surface area contributed by atoms with Crippen LogP contribution < -0.4 is 5.32 Å². The Morgan fingerprint density at radius 1 is 0.970 bits per heavy atom. The Labute approximate surface area is 193 Å². The number of benzene rings is 3. The van der Waals surface area contributed by atoms with Gasteiger partial charge in [0.25, 0.3) is 5.91 Å². The third kappa shape index (κ3) is 5.16. The van der Waals surface area contributed by atoms with Crippen molar-refractivity contribution < 1.29 is 17.9 Å². The zero-order chi connectivity index (χ0) is 23.3. The molecule has 0 radical (unpaired) electrons. The van der Waals surface area contributed by atoms with Crippen molar-refractivity contribution in [2.24, 2.45) is 0 Å². The van der Waals surface area contributed by atoms with Crippen molar-refractivity contribution in [2.45, 2.75) is 10.8 Å². The molecule has 1 unspecified atom stereocenters. The lowest BCUT2D eigenvalue weighted by molar-refractivity contribution is 0.0952. The van der Waals surface area contributed by atoms with Gasteiger partial charge in [0.05, 0.1) is 17.3 Å². The number of fused-ring (bicyclic) bond motifs is 1. The van der Waals surface area contributed by atoms with Crippen molar-refractivity contribution in [3.05, 3.63) is 102 Å². The van der Waals surface area contributed by atoms with Crippen LogP contribution in [0.4, 0.5) is 0 Å². The Morgan fingerprint density at radius 2 is 1.67 bits per heavy atom. The summed E-state index contributed by atoms with van der Waals surface area (Å²) in [6.45, 7) is 0.526. The molecule has 0 spiro atoms. The van der Waals surface area contributed by atoms with Crippen LogP contribution in [0.1, 0.15) is 27.4 Å². The van der Waals surface area contributed by atoms with Crippen molar-refractivity contribution in [1.82, 2.24) is 10.3 Å². The number of aromatic nitrogens is 1. The first-order valence-electron chi connectivity index (χ1n) is 10.7.